The lowest BCUT2D eigenvalue weighted by atomic mass is 9.77. The third-order valence-corrected chi connectivity index (χ3v) is 3.59. The highest BCUT2D eigenvalue weighted by atomic mass is 16.3. The van der Waals surface area contributed by atoms with Crippen molar-refractivity contribution >= 4 is 5.78 Å². The summed E-state index contributed by atoms with van der Waals surface area (Å²) >= 11 is 0. The first-order valence-corrected chi connectivity index (χ1v) is 6.12. The van der Waals surface area contributed by atoms with Gasteiger partial charge in [-0.1, -0.05) is 54.6 Å². The zero-order chi connectivity index (χ0) is 12.5. The molecule has 0 spiro atoms. The van der Waals surface area contributed by atoms with Crippen molar-refractivity contribution in [2.75, 3.05) is 0 Å². The molecule has 0 aliphatic heterocycles. The van der Waals surface area contributed by atoms with E-state index in [4.69, 9.17) is 0 Å². The molecular weight excluding hydrogens is 224 g/mol. The standard InChI is InChI=1S/C16H14O2/c17-15-10-14(11-6-2-1-3-7-11)16(18)13-9-5-4-8-12(13)15/h1-9,14,16,18H,10H2/t14-,16-/m0/s1. The largest absolute Gasteiger partial charge is 0.388 e. The third kappa shape index (κ3) is 1.75. The van der Waals surface area contributed by atoms with E-state index in [0.717, 1.165) is 11.1 Å². The topological polar surface area (TPSA) is 37.3 Å². The van der Waals surface area contributed by atoms with Crippen molar-refractivity contribution in [3.05, 3.63) is 71.3 Å². The molecule has 1 aliphatic rings. The molecule has 2 atom stereocenters. The van der Waals surface area contributed by atoms with E-state index in [1.807, 2.05) is 48.5 Å². The molecule has 0 radical (unpaired) electrons. The fourth-order valence-corrected chi connectivity index (χ4v) is 2.65. The molecule has 1 aliphatic carbocycles. The van der Waals surface area contributed by atoms with Gasteiger partial charge in [-0.3, -0.25) is 4.79 Å². The molecule has 0 bridgehead atoms. The first kappa shape index (κ1) is 11.2. The monoisotopic (exact) mass is 238 g/mol. The van der Waals surface area contributed by atoms with Gasteiger partial charge in [0.15, 0.2) is 5.78 Å². The van der Waals surface area contributed by atoms with Crippen LogP contribution in [0.1, 0.15) is 39.9 Å². The fourth-order valence-electron chi connectivity index (χ4n) is 2.65. The van der Waals surface area contributed by atoms with E-state index in [1.165, 1.54) is 0 Å². The summed E-state index contributed by atoms with van der Waals surface area (Å²) in [4.78, 5) is 12.1. The summed E-state index contributed by atoms with van der Waals surface area (Å²) in [5.74, 6) is -0.0154. The van der Waals surface area contributed by atoms with Gasteiger partial charge in [0.05, 0.1) is 6.10 Å². The minimum Gasteiger partial charge on any atom is -0.388 e. The Morgan fingerprint density at radius 1 is 0.944 bits per heavy atom. The maximum atomic E-state index is 12.1. The van der Waals surface area contributed by atoms with Crippen LogP contribution in [-0.2, 0) is 0 Å². The SMILES string of the molecule is O=C1C[C@@H](c2ccccc2)[C@@H](O)c2ccccc21. The maximum Gasteiger partial charge on any atom is 0.163 e. The lowest BCUT2D eigenvalue weighted by Gasteiger charge is -2.29. The molecule has 2 heteroatoms. The number of Topliss-reactive ketones (excluding diaryl/α,β-unsaturated/α-hetero) is 1. The van der Waals surface area contributed by atoms with Gasteiger partial charge in [0.2, 0.25) is 0 Å². The Labute approximate surface area is 106 Å². The van der Waals surface area contributed by atoms with Crippen molar-refractivity contribution in [1.82, 2.24) is 0 Å². The van der Waals surface area contributed by atoms with E-state index >= 15 is 0 Å². The van der Waals surface area contributed by atoms with Gasteiger partial charge in [0.1, 0.15) is 0 Å². The van der Waals surface area contributed by atoms with Crippen LogP contribution in [0.15, 0.2) is 54.6 Å². The average Bonchev–Trinajstić information content (AvgIpc) is 2.44. The van der Waals surface area contributed by atoms with Gasteiger partial charge >= 0.3 is 0 Å². The Hall–Kier alpha value is -1.93. The van der Waals surface area contributed by atoms with Crippen LogP contribution in [0.25, 0.3) is 0 Å². The average molecular weight is 238 g/mol. The molecular formula is C16H14O2. The molecule has 2 aromatic rings. The highest BCUT2D eigenvalue weighted by Gasteiger charge is 2.33. The van der Waals surface area contributed by atoms with Crippen LogP contribution in [0.5, 0.6) is 0 Å². The molecule has 0 fully saturated rings. The Morgan fingerprint density at radius 3 is 2.39 bits per heavy atom. The zero-order valence-corrected chi connectivity index (χ0v) is 9.91. The van der Waals surface area contributed by atoms with E-state index in [0.29, 0.717) is 12.0 Å². The second kappa shape index (κ2) is 4.39. The number of rotatable bonds is 1. The minimum absolute atomic E-state index is 0.116. The Morgan fingerprint density at radius 2 is 1.61 bits per heavy atom. The number of aliphatic hydroxyl groups is 1. The number of ketones is 1. The molecule has 18 heavy (non-hydrogen) atoms. The van der Waals surface area contributed by atoms with Gasteiger partial charge in [-0.2, -0.15) is 0 Å². The number of fused-ring (bicyclic) bond motifs is 1. The van der Waals surface area contributed by atoms with Crippen molar-refractivity contribution < 1.29 is 9.90 Å². The van der Waals surface area contributed by atoms with Crippen LogP contribution in [0.4, 0.5) is 0 Å². The Kier molecular flexibility index (Phi) is 2.73. The molecule has 90 valence electrons. The van der Waals surface area contributed by atoms with Crippen molar-refractivity contribution in [1.29, 1.82) is 0 Å². The molecule has 2 aromatic carbocycles. The van der Waals surface area contributed by atoms with E-state index < -0.39 is 6.10 Å². The number of carbonyl (C=O) groups excluding carboxylic acids is 1. The molecule has 0 saturated heterocycles. The van der Waals surface area contributed by atoms with Gasteiger partial charge in [-0.05, 0) is 11.1 Å². The number of hydrogen-bond donors (Lipinski definition) is 1. The summed E-state index contributed by atoms with van der Waals surface area (Å²) in [7, 11) is 0. The smallest absolute Gasteiger partial charge is 0.163 e. The molecule has 0 unspecified atom stereocenters. The van der Waals surface area contributed by atoms with Crippen LogP contribution in [0.2, 0.25) is 0 Å². The highest BCUT2D eigenvalue weighted by Crippen LogP contribution is 2.40. The lowest BCUT2D eigenvalue weighted by Crippen LogP contribution is -2.23. The molecule has 3 rings (SSSR count). The van der Waals surface area contributed by atoms with Crippen molar-refractivity contribution in [2.45, 2.75) is 18.4 Å². The molecule has 1 N–H and O–H groups in total. The van der Waals surface area contributed by atoms with Crippen LogP contribution < -0.4 is 0 Å². The van der Waals surface area contributed by atoms with Gasteiger partial charge in [-0.25, -0.2) is 0 Å². The Balaban J connectivity index is 2.05. The van der Waals surface area contributed by atoms with Gasteiger partial charge in [-0.15, -0.1) is 0 Å². The maximum absolute atomic E-state index is 12.1. The van der Waals surface area contributed by atoms with Gasteiger partial charge < -0.3 is 5.11 Å². The van der Waals surface area contributed by atoms with Crippen LogP contribution >= 0.6 is 0 Å². The lowest BCUT2D eigenvalue weighted by molar-refractivity contribution is 0.0844. The van der Waals surface area contributed by atoms with Crippen molar-refractivity contribution in [2.24, 2.45) is 0 Å². The summed E-state index contributed by atoms with van der Waals surface area (Å²) in [5, 5.41) is 10.4. The van der Waals surface area contributed by atoms with Crippen LogP contribution in [-0.4, -0.2) is 10.9 Å². The minimum atomic E-state index is -0.596. The third-order valence-electron chi connectivity index (χ3n) is 3.59. The molecule has 0 amide bonds. The fraction of sp³-hybridized carbons (Fsp3) is 0.188. The van der Waals surface area contributed by atoms with Gasteiger partial charge in [0, 0.05) is 17.9 Å². The molecule has 2 nitrogen and oxygen atoms in total. The summed E-state index contributed by atoms with van der Waals surface area (Å²) in [6.45, 7) is 0. The number of carbonyl (C=O) groups is 1. The van der Waals surface area contributed by atoms with Crippen molar-refractivity contribution in [3.8, 4) is 0 Å². The van der Waals surface area contributed by atoms with Crippen molar-refractivity contribution in [3.63, 3.8) is 0 Å². The van der Waals surface area contributed by atoms with E-state index in [2.05, 4.69) is 0 Å². The number of aliphatic hydroxyl groups excluding tert-OH is 1. The second-order valence-corrected chi connectivity index (χ2v) is 4.68. The predicted molar refractivity (Wildman–Crippen MR) is 69.5 cm³/mol. The predicted octanol–water partition coefficient (Wildman–Crippen LogP) is 3.09. The molecule has 0 heterocycles. The van der Waals surface area contributed by atoms with E-state index in [-0.39, 0.29) is 11.7 Å². The first-order chi connectivity index (χ1) is 8.77. The molecule has 0 saturated carbocycles. The summed E-state index contributed by atoms with van der Waals surface area (Å²) in [6, 6.07) is 17.1. The number of hydrogen-bond acceptors (Lipinski definition) is 2. The summed E-state index contributed by atoms with van der Waals surface area (Å²) in [5.41, 5.74) is 2.44. The number of benzene rings is 2. The zero-order valence-electron chi connectivity index (χ0n) is 9.91. The van der Waals surface area contributed by atoms with Crippen LogP contribution in [0.3, 0.4) is 0 Å². The normalized spacial score (nSPS) is 22.6. The second-order valence-electron chi connectivity index (χ2n) is 4.68. The highest BCUT2D eigenvalue weighted by molar-refractivity contribution is 5.99. The van der Waals surface area contributed by atoms with E-state index in [1.54, 1.807) is 6.07 Å². The summed E-state index contributed by atoms with van der Waals surface area (Å²) in [6.07, 6.45) is -0.219. The summed E-state index contributed by atoms with van der Waals surface area (Å²) < 4.78 is 0. The first-order valence-electron chi connectivity index (χ1n) is 6.12. The molecule has 0 aromatic heterocycles. The Bertz CT molecular complexity index is 575. The quantitative estimate of drug-likeness (QED) is 0.829. The van der Waals surface area contributed by atoms with Crippen LogP contribution in [0, 0.1) is 0 Å². The van der Waals surface area contributed by atoms with Gasteiger partial charge in [0.25, 0.3) is 0 Å². The van der Waals surface area contributed by atoms with E-state index in [9.17, 15) is 9.90 Å².